The third kappa shape index (κ3) is 8.32. The average molecular weight is 242 g/mol. The molecule has 0 heterocycles. The topological polar surface area (TPSA) is 40.5 Å². The van der Waals surface area contributed by atoms with E-state index < -0.39 is 0 Å². The van der Waals surface area contributed by atoms with Gasteiger partial charge in [0.2, 0.25) is 0 Å². The van der Waals surface area contributed by atoms with Crippen LogP contribution < -0.4 is 0 Å². The van der Waals surface area contributed by atoms with Gasteiger partial charge in [-0.05, 0) is 24.3 Å². The summed E-state index contributed by atoms with van der Waals surface area (Å²) < 4.78 is 0. The SMILES string of the molecule is Oc1ccc(O)cc1.SS.SS. The second-order valence-electron chi connectivity index (χ2n) is 1.52. The zero-order valence-corrected chi connectivity index (χ0v) is 9.57. The Morgan fingerprint density at radius 2 is 0.833 bits per heavy atom. The van der Waals surface area contributed by atoms with Crippen molar-refractivity contribution in [2.45, 2.75) is 0 Å². The van der Waals surface area contributed by atoms with Crippen LogP contribution in [0.5, 0.6) is 11.5 Å². The van der Waals surface area contributed by atoms with E-state index in [0.29, 0.717) is 0 Å². The summed E-state index contributed by atoms with van der Waals surface area (Å²) in [6.45, 7) is 0. The molecule has 0 radical (unpaired) electrons. The largest absolute Gasteiger partial charge is 0.508 e. The molecule has 0 aromatic heterocycles. The van der Waals surface area contributed by atoms with Crippen molar-refractivity contribution in [1.82, 2.24) is 0 Å². The van der Waals surface area contributed by atoms with Crippen LogP contribution in [0.4, 0.5) is 0 Å². The summed E-state index contributed by atoms with van der Waals surface area (Å²) in [5.74, 6) is 0.339. The molecule has 0 amide bonds. The lowest BCUT2D eigenvalue weighted by Gasteiger charge is -1.88. The van der Waals surface area contributed by atoms with E-state index in [1.54, 1.807) is 0 Å². The normalized spacial score (nSPS) is 7.00. The molecule has 0 fully saturated rings. The summed E-state index contributed by atoms with van der Waals surface area (Å²) in [5.41, 5.74) is 0. The molecular formula is C6H10O2S4. The van der Waals surface area contributed by atoms with E-state index in [2.05, 4.69) is 46.6 Å². The maximum Gasteiger partial charge on any atom is 0.115 e. The fraction of sp³-hybridized carbons (Fsp3) is 0. The molecule has 1 aromatic carbocycles. The van der Waals surface area contributed by atoms with Crippen molar-refractivity contribution in [2.24, 2.45) is 0 Å². The van der Waals surface area contributed by atoms with Gasteiger partial charge in [0.05, 0.1) is 0 Å². The Morgan fingerprint density at radius 3 is 1.00 bits per heavy atom. The van der Waals surface area contributed by atoms with Gasteiger partial charge in [0.25, 0.3) is 0 Å². The Morgan fingerprint density at radius 1 is 0.667 bits per heavy atom. The molecule has 0 saturated heterocycles. The summed E-state index contributed by atoms with van der Waals surface area (Å²) in [6, 6.07) is 5.70. The minimum Gasteiger partial charge on any atom is -0.508 e. The quantitative estimate of drug-likeness (QED) is 0.241. The van der Waals surface area contributed by atoms with Crippen LogP contribution in [0.15, 0.2) is 24.3 Å². The van der Waals surface area contributed by atoms with Gasteiger partial charge in [-0.2, -0.15) is 0 Å². The number of thiol groups is 4. The van der Waals surface area contributed by atoms with Crippen molar-refractivity contribution in [2.75, 3.05) is 0 Å². The molecule has 1 aromatic rings. The first kappa shape index (κ1) is 14.7. The van der Waals surface area contributed by atoms with Gasteiger partial charge in [0, 0.05) is 0 Å². The zero-order valence-electron chi connectivity index (χ0n) is 5.99. The molecule has 6 heteroatoms. The Kier molecular flexibility index (Phi) is 13.8. The molecule has 0 saturated carbocycles. The Balaban J connectivity index is 0. The highest BCUT2D eigenvalue weighted by Gasteiger charge is 1.84. The Bertz CT molecular complexity index is 156. The van der Waals surface area contributed by atoms with Gasteiger partial charge < -0.3 is 10.2 Å². The Labute approximate surface area is 92.5 Å². The fourth-order valence-electron chi connectivity index (χ4n) is 0.453. The van der Waals surface area contributed by atoms with E-state index in [4.69, 9.17) is 10.2 Å². The third-order valence-corrected chi connectivity index (χ3v) is 0.850. The molecule has 0 aliphatic rings. The standard InChI is InChI=1S/C6H6O2.2H2S2/c7-5-1-2-6(8)4-3-5;2*1-2/h1-4,7-8H;2*1-2H. The monoisotopic (exact) mass is 242 g/mol. The van der Waals surface area contributed by atoms with Crippen molar-refractivity contribution < 1.29 is 10.2 Å². The van der Waals surface area contributed by atoms with Crippen molar-refractivity contribution in [1.29, 1.82) is 0 Å². The third-order valence-electron chi connectivity index (χ3n) is 0.850. The molecule has 0 aliphatic heterocycles. The van der Waals surface area contributed by atoms with Crippen LogP contribution in [0, 0.1) is 0 Å². The summed E-state index contributed by atoms with van der Waals surface area (Å²) in [7, 11) is 0. The van der Waals surface area contributed by atoms with Crippen LogP contribution in [0.3, 0.4) is 0 Å². The van der Waals surface area contributed by atoms with Crippen molar-refractivity contribution in [3.05, 3.63) is 24.3 Å². The van der Waals surface area contributed by atoms with Gasteiger partial charge in [-0.3, -0.25) is 0 Å². The number of phenolic OH excluding ortho intramolecular Hbond substituents is 2. The first-order valence-electron chi connectivity index (χ1n) is 2.67. The maximum atomic E-state index is 8.65. The molecule has 12 heavy (non-hydrogen) atoms. The van der Waals surface area contributed by atoms with Crippen molar-refractivity contribution >= 4 is 46.6 Å². The van der Waals surface area contributed by atoms with Gasteiger partial charge in [-0.15, -0.1) is 46.6 Å². The lowest BCUT2D eigenvalue weighted by atomic mass is 10.3. The molecule has 1 rings (SSSR count). The minimum absolute atomic E-state index is 0.169. The summed E-state index contributed by atoms with van der Waals surface area (Å²) >= 11 is 12.9. The molecule has 0 aliphatic carbocycles. The second-order valence-corrected chi connectivity index (χ2v) is 1.52. The fourth-order valence-corrected chi connectivity index (χ4v) is 0.453. The summed E-state index contributed by atoms with van der Waals surface area (Å²) in [5, 5.41) is 17.3. The number of phenols is 2. The van der Waals surface area contributed by atoms with Gasteiger partial charge >= 0.3 is 0 Å². The zero-order chi connectivity index (χ0) is 9.98. The molecule has 2 nitrogen and oxygen atoms in total. The van der Waals surface area contributed by atoms with E-state index in [1.165, 1.54) is 24.3 Å². The van der Waals surface area contributed by atoms with Crippen LogP contribution in [0.1, 0.15) is 0 Å². The molecule has 0 atom stereocenters. The predicted octanol–water partition coefficient (Wildman–Crippen LogP) is 2.62. The number of hydrogen-bond acceptors (Lipinski definition) is 6. The number of rotatable bonds is 0. The van der Waals surface area contributed by atoms with Crippen LogP contribution in [0.25, 0.3) is 0 Å². The van der Waals surface area contributed by atoms with Crippen LogP contribution >= 0.6 is 46.6 Å². The highest BCUT2D eigenvalue weighted by Crippen LogP contribution is 2.13. The van der Waals surface area contributed by atoms with E-state index in [-0.39, 0.29) is 11.5 Å². The van der Waals surface area contributed by atoms with Gasteiger partial charge in [-0.25, -0.2) is 0 Å². The summed E-state index contributed by atoms with van der Waals surface area (Å²) in [4.78, 5) is 0. The molecule has 70 valence electrons. The van der Waals surface area contributed by atoms with Crippen molar-refractivity contribution in [3.63, 3.8) is 0 Å². The van der Waals surface area contributed by atoms with Crippen LogP contribution in [0.2, 0.25) is 0 Å². The Hall–Kier alpha value is 0.220. The van der Waals surface area contributed by atoms with E-state index in [0.717, 1.165) is 0 Å². The molecule has 0 spiro atoms. The number of benzene rings is 1. The first-order valence-corrected chi connectivity index (χ1v) is 5.87. The molecular weight excluding hydrogens is 232 g/mol. The maximum absolute atomic E-state index is 8.65. The molecule has 0 bridgehead atoms. The lowest BCUT2D eigenvalue weighted by molar-refractivity contribution is 0.460. The van der Waals surface area contributed by atoms with E-state index in [9.17, 15) is 0 Å². The number of aromatic hydroxyl groups is 2. The van der Waals surface area contributed by atoms with Gasteiger partial charge in [-0.1, -0.05) is 0 Å². The smallest absolute Gasteiger partial charge is 0.115 e. The summed E-state index contributed by atoms with van der Waals surface area (Å²) in [6.07, 6.45) is 0. The predicted molar refractivity (Wildman–Crippen MR) is 65.7 cm³/mol. The first-order chi connectivity index (χ1) is 5.79. The van der Waals surface area contributed by atoms with E-state index >= 15 is 0 Å². The lowest BCUT2D eigenvalue weighted by Crippen LogP contribution is -1.61. The van der Waals surface area contributed by atoms with Crippen LogP contribution in [-0.2, 0) is 0 Å². The second kappa shape index (κ2) is 11.2. The van der Waals surface area contributed by atoms with Crippen LogP contribution in [-0.4, -0.2) is 10.2 Å². The van der Waals surface area contributed by atoms with Crippen molar-refractivity contribution in [3.8, 4) is 11.5 Å². The highest BCUT2D eigenvalue weighted by atomic mass is 33.1. The molecule has 2 N–H and O–H groups in total. The van der Waals surface area contributed by atoms with Gasteiger partial charge in [0.15, 0.2) is 0 Å². The van der Waals surface area contributed by atoms with E-state index in [1.807, 2.05) is 0 Å². The highest BCUT2D eigenvalue weighted by molar-refractivity contribution is 8.59. The average Bonchev–Trinajstić information content (AvgIpc) is 2.17. The van der Waals surface area contributed by atoms with Gasteiger partial charge in [0.1, 0.15) is 11.5 Å². The minimum atomic E-state index is 0.169. The number of hydrogen-bond donors (Lipinski definition) is 6. The molecule has 0 unspecified atom stereocenters.